The second-order valence-corrected chi connectivity index (χ2v) is 14.5. The Bertz CT molecular complexity index is 2140. The molecule has 2 saturated heterocycles. The molecule has 268 valence electrons. The first kappa shape index (κ1) is 34.0. The molecule has 52 heavy (non-hydrogen) atoms. The van der Waals surface area contributed by atoms with E-state index >= 15 is 4.39 Å². The van der Waals surface area contributed by atoms with Crippen LogP contribution in [0.3, 0.4) is 0 Å². The molecule has 0 bridgehead atoms. The van der Waals surface area contributed by atoms with Crippen LogP contribution < -0.4 is 20.9 Å². The molecule has 1 unspecified atom stereocenters. The van der Waals surface area contributed by atoms with Crippen LogP contribution in [0, 0.1) is 5.82 Å². The number of aliphatic imine (C=N–C) groups is 1. The Balaban J connectivity index is 0.867. The first-order valence-electron chi connectivity index (χ1n) is 18.1. The summed E-state index contributed by atoms with van der Waals surface area (Å²) in [6, 6.07) is 18.2. The number of likely N-dealkylation sites (tertiary alicyclic amines) is 1. The maximum Gasteiger partial charge on any atom is 0.256 e. The Kier molecular flexibility index (Phi) is 9.23. The normalized spacial score (nSPS) is 19.1. The number of rotatable bonds is 9. The molecule has 0 spiro atoms. The van der Waals surface area contributed by atoms with Crippen molar-refractivity contribution in [2.45, 2.75) is 70.4 Å². The number of fused-ring (bicyclic) bond motifs is 2. The van der Waals surface area contributed by atoms with E-state index in [1.54, 1.807) is 32.6 Å². The molecule has 11 heteroatoms. The summed E-state index contributed by atoms with van der Waals surface area (Å²) in [5.74, 6) is 0.197. The number of aromatic nitrogens is 1. The molecule has 8 rings (SSSR count). The molecule has 4 aliphatic rings. The van der Waals surface area contributed by atoms with Gasteiger partial charge in [0.15, 0.2) is 0 Å². The van der Waals surface area contributed by atoms with Crippen molar-refractivity contribution in [1.82, 2.24) is 19.7 Å². The van der Waals surface area contributed by atoms with Gasteiger partial charge >= 0.3 is 0 Å². The Morgan fingerprint density at radius 2 is 1.73 bits per heavy atom. The number of benzene rings is 3. The molecule has 2 fully saturated rings. The number of anilines is 1. The minimum atomic E-state index is -0.379. The summed E-state index contributed by atoms with van der Waals surface area (Å²) in [6.45, 7) is 5.20. The molecule has 0 radical (unpaired) electrons. The van der Waals surface area contributed by atoms with Crippen LogP contribution in [-0.2, 0) is 49.4 Å². The fourth-order valence-corrected chi connectivity index (χ4v) is 8.19. The highest BCUT2D eigenvalue weighted by Crippen LogP contribution is 2.36. The SMILES string of the molecule is COc1cc(-c2cn(C)c(=O)c3c2C=NC3)cc(F)c1CN1Cc2ccc(CN3CCC(c4ccc(NC5CCC(=O)NC5=O)cc4)CC3)cc2C1. The summed E-state index contributed by atoms with van der Waals surface area (Å²) >= 11 is 0. The quantitative estimate of drug-likeness (QED) is 0.230. The van der Waals surface area contributed by atoms with Gasteiger partial charge in [-0.3, -0.25) is 34.5 Å². The number of halogens is 1. The van der Waals surface area contributed by atoms with Gasteiger partial charge in [-0.25, -0.2) is 4.39 Å². The fraction of sp³-hybridized carbons (Fsp3) is 0.366. The van der Waals surface area contributed by atoms with Crippen LogP contribution >= 0.6 is 0 Å². The van der Waals surface area contributed by atoms with Gasteiger partial charge in [0, 0.05) is 80.0 Å². The average molecular weight is 703 g/mol. The van der Waals surface area contributed by atoms with Crippen LogP contribution in [0.1, 0.15) is 70.5 Å². The summed E-state index contributed by atoms with van der Waals surface area (Å²) in [6.07, 6.45) is 6.49. The molecular weight excluding hydrogens is 659 g/mol. The number of piperidine rings is 2. The largest absolute Gasteiger partial charge is 0.496 e. The van der Waals surface area contributed by atoms with Crippen molar-refractivity contribution in [2.75, 3.05) is 25.5 Å². The van der Waals surface area contributed by atoms with Crippen molar-refractivity contribution in [1.29, 1.82) is 0 Å². The highest BCUT2D eigenvalue weighted by molar-refractivity contribution is 6.01. The van der Waals surface area contributed by atoms with Gasteiger partial charge in [0.05, 0.1) is 13.7 Å². The second-order valence-electron chi connectivity index (χ2n) is 14.5. The van der Waals surface area contributed by atoms with E-state index in [4.69, 9.17) is 4.74 Å². The zero-order chi connectivity index (χ0) is 35.9. The zero-order valence-corrected chi connectivity index (χ0v) is 29.6. The zero-order valence-electron chi connectivity index (χ0n) is 29.6. The van der Waals surface area contributed by atoms with Crippen LogP contribution in [0.25, 0.3) is 11.1 Å². The number of hydrogen-bond donors (Lipinski definition) is 2. The van der Waals surface area contributed by atoms with Crippen LogP contribution in [0.15, 0.2) is 70.6 Å². The Hall–Kier alpha value is -5.13. The third-order valence-electron chi connectivity index (χ3n) is 11.1. The van der Waals surface area contributed by atoms with E-state index in [0.717, 1.165) is 62.4 Å². The highest BCUT2D eigenvalue weighted by Gasteiger charge is 2.28. The number of ether oxygens (including phenoxy) is 1. The molecule has 2 amide bonds. The number of aryl methyl sites for hydroxylation is 1. The minimum Gasteiger partial charge on any atom is -0.496 e. The molecule has 3 aromatic carbocycles. The Morgan fingerprint density at radius 3 is 2.50 bits per heavy atom. The van der Waals surface area contributed by atoms with Crippen molar-refractivity contribution in [3.63, 3.8) is 0 Å². The van der Waals surface area contributed by atoms with E-state index in [2.05, 4.69) is 55.8 Å². The van der Waals surface area contributed by atoms with Gasteiger partial charge in [0.25, 0.3) is 5.56 Å². The third kappa shape index (κ3) is 6.78. The standard InChI is InChI=1S/C41H43FN6O4/c1-46-23-34(32-18-43-19-33(32)41(46)51)29-16-36(42)35(38(17-29)52-2)24-48-21-28-4-3-25(15-30(28)22-48)20-47-13-11-27(12-14-47)26-5-7-31(8-6-26)44-37-9-10-39(49)45-40(37)50/h3-8,15-18,23,27,37,44H,9-14,19-22,24H2,1-2H3,(H,45,49,50). The van der Waals surface area contributed by atoms with Crippen LogP contribution in [0.2, 0.25) is 0 Å². The fourth-order valence-electron chi connectivity index (χ4n) is 8.19. The summed E-state index contributed by atoms with van der Waals surface area (Å²) < 4.78 is 23.1. The molecule has 1 atom stereocenters. The average Bonchev–Trinajstić information content (AvgIpc) is 3.80. The number of carbonyl (C=O) groups excluding carboxylic acids is 2. The highest BCUT2D eigenvalue weighted by atomic mass is 19.1. The Morgan fingerprint density at radius 1 is 0.942 bits per heavy atom. The lowest BCUT2D eigenvalue weighted by molar-refractivity contribution is -0.133. The van der Waals surface area contributed by atoms with E-state index in [1.165, 1.54) is 26.8 Å². The van der Waals surface area contributed by atoms with E-state index in [-0.39, 0.29) is 29.2 Å². The van der Waals surface area contributed by atoms with Crippen molar-refractivity contribution in [3.8, 4) is 16.9 Å². The number of nitrogens with one attached hydrogen (secondary N) is 2. The first-order valence-corrected chi connectivity index (χ1v) is 18.1. The number of imide groups is 1. The second kappa shape index (κ2) is 14.1. The van der Waals surface area contributed by atoms with Crippen molar-refractivity contribution < 1.29 is 18.7 Å². The van der Waals surface area contributed by atoms with Gasteiger partial charge in [-0.1, -0.05) is 30.3 Å². The number of amides is 2. The summed E-state index contributed by atoms with van der Waals surface area (Å²) in [7, 11) is 3.28. The van der Waals surface area contributed by atoms with Gasteiger partial charge in [-0.05, 0) is 90.4 Å². The van der Waals surface area contributed by atoms with Gasteiger partial charge in [0.1, 0.15) is 17.6 Å². The summed E-state index contributed by atoms with van der Waals surface area (Å²) in [5.41, 5.74) is 9.32. The first-order chi connectivity index (χ1) is 25.2. The topological polar surface area (TPSA) is 108 Å². The smallest absolute Gasteiger partial charge is 0.256 e. The number of carbonyl (C=O) groups is 2. The van der Waals surface area contributed by atoms with Gasteiger partial charge in [-0.15, -0.1) is 0 Å². The number of hydrogen-bond acceptors (Lipinski definition) is 8. The van der Waals surface area contributed by atoms with E-state index < -0.39 is 0 Å². The van der Waals surface area contributed by atoms with Crippen molar-refractivity contribution >= 4 is 23.7 Å². The summed E-state index contributed by atoms with van der Waals surface area (Å²) in [4.78, 5) is 45.2. The molecule has 5 heterocycles. The third-order valence-corrected chi connectivity index (χ3v) is 11.1. The van der Waals surface area contributed by atoms with Gasteiger partial charge in [-0.2, -0.15) is 0 Å². The van der Waals surface area contributed by atoms with Crippen LogP contribution in [-0.4, -0.2) is 58.6 Å². The lowest BCUT2D eigenvalue weighted by atomic mass is 9.89. The Labute approximate surface area is 302 Å². The summed E-state index contributed by atoms with van der Waals surface area (Å²) in [5, 5.41) is 5.67. The van der Waals surface area contributed by atoms with Crippen molar-refractivity contribution in [3.05, 3.63) is 116 Å². The maximum atomic E-state index is 15.8. The monoisotopic (exact) mass is 702 g/mol. The molecule has 10 nitrogen and oxygen atoms in total. The predicted octanol–water partition coefficient (Wildman–Crippen LogP) is 5.25. The molecular formula is C41H43FN6O4. The van der Waals surface area contributed by atoms with E-state index in [9.17, 15) is 14.4 Å². The number of nitrogens with zero attached hydrogens (tertiary/aromatic N) is 4. The van der Waals surface area contributed by atoms with Gasteiger partial charge in [0.2, 0.25) is 11.8 Å². The number of pyridine rings is 1. The molecule has 4 aromatic rings. The molecule has 1 aromatic heterocycles. The van der Waals surface area contributed by atoms with E-state index in [0.29, 0.717) is 54.3 Å². The molecule has 0 saturated carbocycles. The predicted molar refractivity (Wildman–Crippen MR) is 198 cm³/mol. The molecule has 0 aliphatic carbocycles. The van der Waals surface area contributed by atoms with Gasteiger partial charge < -0.3 is 14.6 Å². The lowest BCUT2D eigenvalue weighted by Crippen LogP contribution is -2.47. The van der Waals surface area contributed by atoms with Crippen molar-refractivity contribution in [2.24, 2.45) is 12.0 Å². The van der Waals surface area contributed by atoms with Crippen LogP contribution in [0.5, 0.6) is 5.75 Å². The van der Waals surface area contributed by atoms with Crippen LogP contribution in [0.4, 0.5) is 10.1 Å². The molecule has 4 aliphatic heterocycles. The molecule has 2 N–H and O–H groups in total. The minimum absolute atomic E-state index is 0.0797. The number of methoxy groups -OCH3 is 1. The lowest BCUT2D eigenvalue weighted by Gasteiger charge is -2.32. The van der Waals surface area contributed by atoms with E-state index in [1.807, 2.05) is 18.2 Å². The maximum absolute atomic E-state index is 15.8.